The van der Waals surface area contributed by atoms with Crippen molar-refractivity contribution in [3.8, 4) is 0 Å². The van der Waals surface area contributed by atoms with Crippen LogP contribution in [0.25, 0.3) is 0 Å². The smallest absolute Gasteiger partial charge is 0.396 e. The van der Waals surface area contributed by atoms with E-state index in [0.717, 1.165) is 0 Å². The van der Waals surface area contributed by atoms with Crippen molar-refractivity contribution in [1.82, 2.24) is 0 Å². The van der Waals surface area contributed by atoms with Crippen molar-refractivity contribution in [1.29, 1.82) is 0 Å². The lowest BCUT2D eigenvalue weighted by Crippen LogP contribution is -2.36. The zero-order valence-corrected chi connectivity index (χ0v) is 6.87. The minimum absolute atomic E-state index is 0.183. The van der Waals surface area contributed by atoms with E-state index in [4.69, 9.17) is 5.11 Å². The molecule has 0 aromatic rings. The van der Waals surface area contributed by atoms with Crippen LogP contribution in [0.2, 0.25) is 0 Å². The second-order valence-corrected chi connectivity index (χ2v) is 2.74. The lowest BCUT2D eigenvalue weighted by atomic mass is 10.1. The van der Waals surface area contributed by atoms with Crippen LogP contribution in [-0.4, -0.2) is 23.8 Å². The third-order valence-electron chi connectivity index (χ3n) is 1.56. The number of unbranched alkanes of at least 4 members (excludes halogenated alkanes) is 2. The van der Waals surface area contributed by atoms with Gasteiger partial charge in [-0.05, 0) is 12.8 Å². The van der Waals surface area contributed by atoms with Crippen molar-refractivity contribution in [2.45, 2.75) is 37.8 Å². The molecule has 0 aliphatic heterocycles. The molecule has 0 aromatic carbocycles. The fraction of sp³-hybridized carbons (Fsp3) is 1.00. The summed E-state index contributed by atoms with van der Waals surface area (Å²) in [5, 5.41) is 8.25. The van der Waals surface area contributed by atoms with Crippen molar-refractivity contribution >= 4 is 0 Å². The van der Waals surface area contributed by atoms with Crippen molar-refractivity contribution in [3.63, 3.8) is 0 Å². The highest BCUT2D eigenvalue weighted by Crippen LogP contribution is 2.39. The molecule has 0 amide bonds. The SMILES string of the molecule is OCCCCCC(F)(F)C(F)(F)F. The van der Waals surface area contributed by atoms with E-state index in [1.165, 1.54) is 0 Å². The first-order chi connectivity index (χ1) is 5.81. The molecule has 13 heavy (non-hydrogen) atoms. The summed E-state index contributed by atoms with van der Waals surface area (Å²) in [6.45, 7) is -0.183. The van der Waals surface area contributed by atoms with Gasteiger partial charge in [-0.1, -0.05) is 6.42 Å². The lowest BCUT2D eigenvalue weighted by Gasteiger charge is -2.18. The first-order valence-electron chi connectivity index (χ1n) is 3.86. The summed E-state index contributed by atoms with van der Waals surface area (Å²) in [6.07, 6.45) is -6.44. The second kappa shape index (κ2) is 4.74. The predicted molar refractivity (Wildman–Crippen MR) is 36.6 cm³/mol. The van der Waals surface area contributed by atoms with Gasteiger partial charge in [0.15, 0.2) is 0 Å². The quantitative estimate of drug-likeness (QED) is 0.541. The molecule has 0 aliphatic rings. The van der Waals surface area contributed by atoms with Gasteiger partial charge in [0.1, 0.15) is 0 Å². The largest absolute Gasteiger partial charge is 0.453 e. The van der Waals surface area contributed by atoms with E-state index in [2.05, 4.69) is 0 Å². The fourth-order valence-electron chi connectivity index (χ4n) is 0.777. The first-order valence-corrected chi connectivity index (χ1v) is 3.86. The van der Waals surface area contributed by atoms with Gasteiger partial charge in [-0.25, -0.2) is 0 Å². The predicted octanol–water partition coefficient (Wildman–Crippen LogP) is 2.74. The molecule has 0 saturated carbocycles. The Morgan fingerprint density at radius 3 is 1.77 bits per heavy atom. The Kier molecular flexibility index (Phi) is 4.60. The molecule has 0 aromatic heterocycles. The number of aliphatic hydroxyl groups is 1. The number of alkyl halides is 5. The Morgan fingerprint density at radius 2 is 1.38 bits per heavy atom. The molecule has 0 spiro atoms. The van der Waals surface area contributed by atoms with Crippen LogP contribution in [0.5, 0.6) is 0 Å². The Bertz CT molecular complexity index is 142. The van der Waals surface area contributed by atoms with Gasteiger partial charge in [-0.2, -0.15) is 22.0 Å². The van der Waals surface area contributed by atoms with Gasteiger partial charge in [-0.3, -0.25) is 0 Å². The Labute approximate surface area is 72.6 Å². The number of aliphatic hydroxyl groups excluding tert-OH is 1. The van der Waals surface area contributed by atoms with Crippen LogP contribution >= 0.6 is 0 Å². The number of halogens is 5. The molecular weight excluding hydrogens is 195 g/mol. The van der Waals surface area contributed by atoms with Gasteiger partial charge >= 0.3 is 12.1 Å². The van der Waals surface area contributed by atoms with Crippen LogP contribution in [-0.2, 0) is 0 Å². The van der Waals surface area contributed by atoms with Crippen LogP contribution in [0.4, 0.5) is 22.0 Å². The number of hydrogen-bond donors (Lipinski definition) is 1. The molecule has 0 radical (unpaired) electrons. The van der Waals surface area contributed by atoms with E-state index >= 15 is 0 Å². The summed E-state index contributed by atoms with van der Waals surface area (Å²) in [5.41, 5.74) is 0. The zero-order chi connectivity index (χ0) is 10.5. The van der Waals surface area contributed by atoms with E-state index < -0.39 is 18.5 Å². The summed E-state index contributed by atoms with van der Waals surface area (Å²) in [4.78, 5) is 0. The maximum Gasteiger partial charge on any atom is 0.453 e. The minimum atomic E-state index is -5.45. The average molecular weight is 206 g/mol. The molecule has 0 bridgehead atoms. The molecule has 0 rings (SSSR count). The van der Waals surface area contributed by atoms with E-state index in [1.807, 2.05) is 0 Å². The minimum Gasteiger partial charge on any atom is -0.396 e. The van der Waals surface area contributed by atoms with Gasteiger partial charge in [0, 0.05) is 13.0 Å². The highest BCUT2D eigenvalue weighted by Gasteiger charge is 2.56. The molecular formula is C7H11F5O. The summed E-state index contributed by atoms with van der Waals surface area (Å²) < 4.78 is 59.0. The van der Waals surface area contributed by atoms with Gasteiger partial charge in [0.25, 0.3) is 0 Å². The third kappa shape index (κ3) is 4.40. The van der Waals surface area contributed by atoms with Crippen molar-refractivity contribution in [2.75, 3.05) is 6.61 Å². The highest BCUT2D eigenvalue weighted by molar-refractivity contribution is 4.75. The lowest BCUT2D eigenvalue weighted by molar-refractivity contribution is -0.284. The fourth-order valence-corrected chi connectivity index (χ4v) is 0.777. The molecule has 1 N–H and O–H groups in total. The zero-order valence-electron chi connectivity index (χ0n) is 6.87. The summed E-state index contributed by atoms with van der Waals surface area (Å²) in [6, 6.07) is 0. The van der Waals surface area contributed by atoms with Crippen LogP contribution in [0, 0.1) is 0 Å². The third-order valence-corrected chi connectivity index (χ3v) is 1.56. The summed E-state index contributed by atoms with van der Waals surface area (Å²) in [5.74, 6) is -4.59. The van der Waals surface area contributed by atoms with Crippen LogP contribution in [0.1, 0.15) is 25.7 Å². The summed E-state index contributed by atoms with van der Waals surface area (Å²) >= 11 is 0. The molecule has 1 nitrogen and oxygen atoms in total. The molecule has 6 heteroatoms. The number of rotatable bonds is 5. The summed E-state index contributed by atoms with van der Waals surface area (Å²) in [7, 11) is 0. The maximum atomic E-state index is 12.2. The standard InChI is InChI=1S/C7H11F5O/c8-6(9,7(10,11)12)4-2-1-3-5-13/h13H,1-5H2. The monoisotopic (exact) mass is 206 g/mol. The molecule has 0 heterocycles. The Hall–Kier alpha value is -0.390. The van der Waals surface area contributed by atoms with Crippen LogP contribution in [0.15, 0.2) is 0 Å². The molecule has 0 fully saturated rings. The van der Waals surface area contributed by atoms with Crippen molar-refractivity contribution < 1.29 is 27.1 Å². The average Bonchev–Trinajstić information content (AvgIpc) is 1.96. The van der Waals surface area contributed by atoms with Gasteiger partial charge in [-0.15, -0.1) is 0 Å². The molecule has 0 unspecified atom stereocenters. The Balaban J connectivity index is 3.77. The van der Waals surface area contributed by atoms with Gasteiger partial charge < -0.3 is 5.11 Å². The van der Waals surface area contributed by atoms with E-state index in [-0.39, 0.29) is 25.9 Å². The molecule has 0 saturated heterocycles. The second-order valence-electron chi connectivity index (χ2n) is 2.74. The maximum absolute atomic E-state index is 12.2. The first kappa shape index (κ1) is 12.6. The Morgan fingerprint density at radius 1 is 0.846 bits per heavy atom. The molecule has 0 aliphatic carbocycles. The topological polar surface area (TPSA) is 20.2 Å². The van der Waals surface area contributed by atoms with E-state index in [0.29, 0.717) is 0 Å². The van der Waals surface area contributed by atoms with E-state index in [9.17, 15) is 22.0 Å². The van der Waals surface area contributed by atoms with Gasteiger partial charge in [0.05, 0.1) is 0 Å². The normalized spacial score (nSPS) is 13.4. The van der Waals surface area contributed by atoms with Crippen LogP contribution < -0.4 is 0 Å². The van der Waals surface area contributed by atoms with Crippen molar-refractivity contribution in [3.05, 3.63) is 0 Å². The van der Waals surface area contributed by atoms with E-state index in [1.54, 1.807) is 0 Å². The van der Waals surface area contributed by atoms with Crippen molar-refractivity contribution in [2.24, 2.45) is 0 Å². The molecule has 0 atom stereocenters. The van der Waals surface area contributed by atoms with Crippen LogP contribution in [0.3, 0.4) is 0 Å². The molecule has 80 valence electrons. The van der Waals surface area contributed by atoms with Gasteiger partial charge in [0.2, 0.25) is 0 Å². The highest BCUT2D eigenvalue weighted by atomic mass is 19.4. The number of hydrogen-bond acceptors (Lipinski definition) is 1.